The fourth-order valence-corrected chi connectivity index (χ4v) is 1.18. The first-order valence-electron chi connectivity index (χ1n) is 4.37. The summed E-state index contributed by atoms with van der Waals surface area (Å²) in [5, 5.41) is 8.76. The van der Waals surface area contributed by atoms with E-state index in [1.807, 2.05) is 0 Å². The van der Waals surface area contributed by atoms with Gasteiger partial charge in [-0.3, -0.25) is 0 Å². The molecule has 2 nitrogen and oxygen atoms in total. The molecule has 0 bridgehead atoms. The number of alkyl halides is 2. The van der Waals surface area contributed by atoms with Crippen LogP contribution in [0.25, 0.3) is 0 Å². The minimum Gasteiger partial charge on any atom is -0.394 e. The van der Waals surface area contributed by atoms with Crippen LogP contribution in [0.5, 0.6) is 0 Å². The molecular weight excluding hydrogens is 188 g/mol. The number of hydrogen-bond donors (Lipinski definition) is 2. The zero-order valence-electron chi connectivity index (χ0n) is 7.66. The van der Waals surface area contributed by atoms with E-state index >= 15 is 0 Å². The Hall–Kier alpha value is -1.00. The van der Waals surface area contributed by atoms with Gasteiger partial charge in [-0.05, 0) is 11.1 Å². The highest BCUT2D eigenvalue weighted by Gasteiger charge is 2.06. The van der Waals surface area contributed by atoms with Crippen molar-refractivity contribution in [3.8, 4) is 0 Å². The predicted molar refractivity (Wildman–Crippen MR) is 50.2 cm³/mol. The van der Waals surface area contributed by atoms with Crippen LogP contribution in [-0.2, 0) is 6.42 Å². The monoisotopic (exact) mass is 201 g/mol. The third-order valence-electron chi connectivity index (χ3n) is 1.99. The van der Waals surface area contributed by atoms with Gasteiger partial charge in [0.1, 0.15) is 0 Å². The highest BCUT2D eigenvalue weighted by atomic mass is 19.3. The van der Waals surface area contributed by atoms with Crippen LogP contribution in [0.3, 0.4) is 0 Å². The van der Waals surface area contributed by atoms with E-state index in [2.05, 4.69) is 0 Å². The number of aliphatic hydroxyl groups excluding tert-OH is 1. The van der Waals surface area contributed by atoms with Crippen molar-refractivity contribution in [2.24, 2.45) is 5.73 Å². The molecule has 3 N–H and O–H groups in total. The van der Waals surface area contributed by atoms with Gasteiger partial charge in [0.2, 0.25) is 6.43 Å². The van der Waals surface area contributed by atoms with E-state index in [1.165, 1.54) is 0 Å². The summed E-state index contributed by atoms with van der Waals surface area (Å²) in [5.41, 5.74) is 6.88. The second-order valence-electron chi connectivity index (χ2n) is 3.13. The van der Waals surface area contributed by atoms with E-state index in [0.717, 1.165) is 5.56 Å². The van der Waals surface area contributed by atoms with Crippen molar-refractivity contribution in [2.45, 2.75) is 18.9 Å². The highest BCUT2D eigenvalue weighted by Crippen LogP contribution is 2.13. The van der Waals surface area contributed by atoms with E-state index in [-0.39, 0.29) is 13.0 Å². The lowest BCUT2D eigenvalue weighted by Gasteiger charge is -2.08. The molecule has 0 aliphatic heterocycles. The molecule has 0 aromatic heterocycles. The Morgan fingerprint density at radius 1 is 1.21 bits per heavy atom. The molecule has 0 heterocycles. The van der Waals surface area contributed by atoms with Gasteiger partial charge in [0.05, 0.1) is 12.6 Å². The van der Waals surface area contributed by atoms with E-state index in [4.69, 9.17) is 10.8 Å². The summed E-state index contributed by atoms with van der Waals surface area (Å²) in [4.78, 5) is 0. The van der Waals surface area contributed by atoms with Gasteiger partial charge in [-0.25, -0.2) is 8.78 Å². The molecular formula is C10H13F2NO. The maximum absolute atomic E-state index is 12.0. The number of benzene rings is 1. The first-order chi connectivity index (χ1) is 6.63. The number of nitrogens with two attached hydrogens (primary N) is 1. The smallest absolute Gasteiger partial charge is 0.242 e. The van der Waals surface area contributed by atoms with Crippen LogP contribution in [-0.4, -0.2) is 18.1 Å². The number of halogens is 2. The van der Waals surface area contributed by atoms with E-state index in [9.17, 15) is 8.78 Å². The van der Waals surface area contributed by atoms with Crippen LogP contribution in [0, 0.1) is 0 Å². The number of hydrogen-bond acceptors (Lipinski definition) is 2. The van der Waals surface area contributed by atoms with Crippen LogP contribution in [0.15, 0.2) is 24.3 Å². The average molecular weight is 201 g/mol. The molecule has 1 rings (SSSR count). The fourth-order valence-electron chi connectivity index (χ4n) is 1.18. The van der Waals surface area contributed by atoms with Crippen molar-refractivity contribution in [3.05, 3.63) is 35.4 Å². The van der Waals surface area contributed by atoms with Crippen LogP contribution >= 0.6 is 0 Å². The molecule has 0 aliphatic rings. The molecule has 1 aromatic carbocycles. The van der Waals surface area contributed by atoms with Crippen LogP contribution in [0.1, 0.15) is 17.2 Å². The summed E-state index contributed by atoms with van der Waals surface area (Å²) >= 11 is 0. The topological polar surface area (TPSA) is 46.2 Å². The van der Waals surface area contributed by atoms with Gasteiger partial charge in [-0.2, -0.15) is 0 Å². The second-order valence-corrected chi connectivity index (χ2v) is 3.13. The summed E-state index contributed by atoms with van der Waals surface area (Å²) in [6.45, 7) is -0.145. The molecule has 1 atom stereocenters. The van der Waals surface area contributed by atoms with E-state index in [0.29, 0.717) is 5.56 Å². The Kier molecular flexibility index (Phi) is 3.98. The van der Waals surface area contributed by atoms with E-state index < -0.39 is 12.5 Å². The molecule has 0 saturated heterocycles. The first kappa shape index (κ1) is 11.1. The molecule has 78 valence electrons. The molecule has 0 spiro atoms. The van der Waals surface area contributed by atoms with Crippen molar-refractivity contribution in [2.75, 3.05) is 6.61 Å². The lowest BCUT2D eigenvalue weighted by Crippen LogP contribution is -2.14. The van der Waals surface area contributed by atoms with Gasteiger partial charge in [-0.1, -0.05) is 24.3 Å². The van der Waals surface area contributed by atoms with E-state index in [1.54, 1.807) is 24.3 Å². The lowest BCUT2D eigenvalue weighted by molar-refractivity contribution is 0.149. The minimum absolute atomic E-state index is 0.145. The summed E-state index contributed by atoms with van der Waals surface area (Å²) in [7, 11) is 0. The number of rotatable bonds is 4. The molecule has 0 saturated carbocycles. The van der Waals surface area contributed by atoms with Crippen molar-refractivity contribution >= 4 is 0 Å². The lowest BCUT2D eigenvalue weighted by atomic mass is 10.0. The van der Waals surface area contributed by atoms with Gasteiger partial charge in [-0.15, -0.1) is 0 Å². The van der Waals surface area contributed by atoms with Crippen LogP contribution < -0.4 is 5.73 Å². The van der Waals surface area contributed by atoms with Gasteiger partial charge >= 0.3 is 0 Å². The molecule has 1 unspecified atom stereocenters. The first-order valence-corrected chi connectivity index (χ1v) is 4.37. The summed E-state index contributed by atoms with van der Waals surface area (Å²) in [6, 6.07) is 6.11. The zero-order chi connectivity index (χ0) is 10.6. The maximum Gasteiger partial charge on any atom is 0.242 e. The maximum atomic E-state index is 12.0. The fraction of sp³-hybridized carbons (Fsp3) is 0.400. The van der Waals surface area contributed by atoms with Crippen molar-refractivity contribution in [1.29, 1.82) is 0 Å². The average Bonchev–Trinajstić information content (AvgIpc) is 2.17. The Balaban J connectivity index is 2.68. The summed E-state index contributed by atoms with van der Waals surface area (Å²) < 4.78 is 24.0. The molecule has 14 heavy (non-hydrogen) atoms. The number of aliphatic hydroxyl groups is 1. The Morgan fingerprint density at radius 3 is 2.21 bits per heavy atom. The third kappa shape index (κ3) is 3.05. The molecule has 1 aromatic rings. The second kappa shape index (κ2) is 5.02. The molecule has 0 radical (unpaired) electrons. The quantitative estimate of drug-likeness (QED) is 0.775. The van der Waals surface area contributed by atoms with Crippen molar-refractivity contribution in [3.63, 3.8) is 0 Å². The van der Waals surface area contributed by atoms with Gasteiger partial charge in [0.25, 0.3) is 0 Å². The van der Waals surface area contributed by atoms with Gasteiger partial charge in [0.15, 0.2) is 0 Å². The standard InChI is InChI=1S/C10H13F2NO/c11-10(12)5-7-1-3-8(4-2-7)9(13)6-14/h1-4,9-10,14H,5-6,13H2. The molecule has 0 aliphatic carbocycles. The predicted octanol–water partition coefficient (Wildman–Crippen LogP) is 1.49. The molecule has 4 heteroatoms. The van der Waals surface area contributed by atoms with Crippen molar-refractivity contribution < 1.29 is 13.9 Å². The summed E-state index contributed by atoms with van der Waals surface area (Å²) in [5.74, 6) is 0. The normalized spacial score (nSPS) is 13.2. The minimum atomic E-state index is -2.33. The SMILES string of the molecule is NC(CO)c1ccc(CC(F)F)cc1. The largest absolute Gasteiger partial charge is 0.394 e. The highest BCUT2D eigenvalue weighted by molar-refractivity contribution is 5.25. The van der Waals surface area contributed by atoms with Gasteiger partial charge in [0, 0.05) is 6.42 Å². The van der Waals surface area contributed by atoms with Gasteiger partial charge < -0.3 is 10.8 Å². The Bertz CT molecular complexity index is 274. The Labute approximate surface area is 81.4 Å². The summed E-state index contributed by atoms with van der Waals surface area (Å²) in [6.07, 6.45) is -2.57. The molecule has 0 amide bonds. The zero-order valence-corrected chi connectivity index (χ0v) is 7.66. The molecule has 0 fully saturated rings. The van der Waals surface area contributed by atoms with Crippen LogP contribution in [0.2, 0.25) is 0 Å². The third-order valence-corrected chi connectivity index (χ3v) is 1.99. The van der Waals surface area contributed by atoms with Crippen LogP contribution in [0.4, 0.5) is 8.78 Å². The Morgan fingerprint density at radius 2 is 1.79 bits per heavy atom. The van der Waals surface area contributed by atoms with Crippen molar-refractivity contribution in [1.82, 2.24) is 0 Å².